The van der Waals surface area contributed by atoms with Gasteiger partial charge in [-0.3, -0.25) is 9.69 Å². The first-order valence-corrected chi connectivity index (χ1v) is 9.62. The van der Waals surface area contributed by atoms with Gasteiger partial charge in [-0.2, -0.15) is 0 Å². The monoisotopic (exact) mass is 396 g/mol. The lowest BCUT2D eigenvalue weighted by Crippen LogP contribution is -2.23. The Balaban J connectivity index is 1.80. The molecule has 1 aliphatic rings. The average molecular weight is 396 g/mol. The van der Waals surface area contributed by atoms with Crippen molar-refractivity contribution in [2.45, 2.75) is 13.3 Å². The van der Waals surface area contributed by atoms with Crippen LogP contribution in [-0.2, 0) is 4.79 Å². The summed E-state index contributed by atoms with van der Waals surface area (Å²) in [5.74, 6) is -0.367. The summed E-state index contributed by atoms with van der Waals surface area (Å²) in [4.78, 5) is 30.1. The third-order valence-corrected chi connectivity index (χ3v) is 5.03. The number of amides is 1. The molecule has 28 heavy (non-hydrogen) atoms. The van der Waals surface area contributed by atoms with Crippen molar-refractivity contribution >= 4 is 40.6 Å². The van der Waals surface area contributed by atoms with E-state index < -0.39 is 5.97 Å². The zero-order valence-corrected chi connectivity index (χ0v) is 16.4. The van der Waals surface area contributed by atoms with Gasteiger partial charge in [-0.25, -0.2) is 9.79 Å². The number of rotatable bonds is 6. The van der Waals surface area contributed by atoms with Crippen LogP contribution in [0.1, 0.15) is 29.3 Å². The first-order valence-electron chi connectivity index (χ1n) is 8.80. The Morgan fingerprint density at radius 1 is 1.25 bits per heavy atom. The molecule has 2 aromatic rings. The van der Waals surface area contributed by atoms with Crippen LogP contribution in [0.2, 0.25) is 0 Å². The lowest BCUT2D eigenvalue weighted by Gasteiger charge is -2.07. The van der Waals surface area contributed by atoms with Crippen molar-refractivity contribution < 1.29 is 19.4 Å². The smallest absolute Gasteiger partial charge is 0.335 e. The Morgan fingerprint density at radius 2 is 2.00 bits per heavy atom. The molecule has 0 aliphatic carbocycles. The highest BCUT2D eigenvalue weighted by Crippen LogP contribution is 2.33. The van der Waals surface area contributed by atoms with Gasteiger partial charge in [0.1, 0.15) is 5.75 Å². The van der Waals surface area contributed by atoms with Gasteiger partial charge in [0.15, 0.2) is 5.17 Å². The molecule has 0 aromatic heterocycles. The van der Waals surface area contributed by atoms with Crippen molar-refractivity contribution in [3.05, 3.63) is 64.6 Å². The number of aromatic carboxylic acids is 1. The molecule has 1 saturated heterocycles. The molecule has 0 unspecified atom stereocenters. The molecule has 0 radical (unpaired) electrons. The van der Waals surface area contributed by atoms with Crippen LogP contribution in [-0.4, -0.2) is 40.7 Å². The van der Waals surface area contributed by atoms with Crippen LogP contribution in [0.15, 0.2) is 58.4 Å². The molecular weight excluding hydrogens is 376 g/mol. The number of hydrogen-bond donors (Lipinski definition) is 1. The summed E-state index contributed by atoms with van der Waals surface area (Å²) in [5.41, 5.74) is 1.53. The molecule has 0 saturated carbocycles. The van der Waals surface area contributed by atoms with Crippen LogP contribution in [0, 0.1) is 0 Å². The molecule has 7 heteroatoms. The topological polar surface area (TPSA) is 79.2 Å². The fourth-order valence-electron chi connectivity index (χ4n) is 2.50. The van der Waals surface area contributed by atoms with Gasteiger partial charge in [-0.05, 0) is 60.2 Å². The van der Waals surface area contributed by atoms with Crippen LogP contribution in [0.4, 0.5) is 5.69 Å². The molecule has 0 spiro atoms. The van der Waals surface area contributed by atoms with Gasteiger partial charge in [-0.1, -0.05) is 25.1 Å². The first-order chi connectivity index (χ1) is 13.5. The lowest BCUT2D eigenvalue weighted by molar-refractivity contribution is -0.121. The van der Waals surface area contributed by atoms with Crippen molar-refractivity contribution in [3.8, 4) is 5.75 Å². The molecule has 0 atom stereocenters. The molecule has 1 N–H and O–H groups in total. The summed E-state index contributed by atoms with van der Waals surface area (Å²) in [6.45, 7) is 2.72. The largest absolute Gasteiger partial charge is 0.494 e. The van der Waals surface area contributed by atoms with E-state index in [1.807, 2.05) is 30.3 Å². The molecule has 1 amide bonds. The van der Waals surface area contributed by atoms with Crippen LogP contribution >= 0.6 is 11.8 Å². The van der Waals surface area contributed by atoms with Crippen molar-refractivity contribution in [1.82, 2.24) is 4.90 Å². The van der Waals surface area contributed by atoms with E-state index in [4.69, 9.17) is 9.84 Å². The number of carboxylic acid groups (broad SMARTS) is 1. The minimum atomic E-state index is -1.02. The predicted molar refractivity (Wildman–Crippen MR) is 111 cm³/mol. The second-order valence-corrected chi connectivity index (χ2v) is 7.15. The molecule has 1 fully saturated rings. The predicted octanol–water partition coefficient (Wildman–Crippen LogP) is 4.41. The fraction of sp³-hybridized carbons (Fsp3) is 0.190. The van der Waals surface area contributed by atoms with Crippen molar-refractivity contribution in [2.24, 2.45) is 4.99 Å². The molecule has 144 valence electrons. The van der Waals surface area contributed by atoms with Gasteiger partial charge >= 0.3 is 5.97 Å². The number of benzene rings is 2. The number of ether oxygens (including phenoxy) is 1. The molecule has 6 nitrogen and oxygen atoms in total. The zero-order valence-electron chi connectivity index (χ0n) is 15.6. The third kappa shape index (κ3) is 4.61. The van der Waals surface area contributed by atoms with E-state index in [1.165, 1.54) is 28.8 Å². The quantitative estimate of drug-likeness (QED) is 0.732. The number of aliphatic imine (C=N–C) groups is 1. The van der Waals surface area contributed by atoms with E-state index >= 15 is 0 Å². The van der Waals surface area contributed by atoms with Crippen molar-refractivity contribution in [1.29, 1.82) is 0 Å². The summed E-state index contributed by atoms with van der Waals surface area (Å²) < 4.78 is 5.57. The highest BCUT2D eigenvalue weighted by Gasteiger charge is 2.30. The standard InChI is InChI=1S/C21H20N2O4S/c1-3-11-27-17-9-7-14(8-10-17)12-18-19(24)23(2)21(28-18)22-16-6-4-5-15(13-16)20(25)26/h4-10,12-13H,3,11H2,1-2H3,(H,25,26)/b18-12+,22-21?. The fourth-order valence-corrected chi connectivity index (χ4v) is 3.49. The van der Waals surface area contributed by atoms with Gasteiger partial charge in [0.2, 0.25) is 0 Å². The Kier molecular flexibility index (Phi) is 6.16. The number of carbonyl (C=O) groups is 2. The van der Waals surface area contributed by atoms with Crippen LogP contribution in [0.3, 0.4) is 0 Å². The normalized spacial score (nSPS) is 16.8. The Labute approximate surface area is 167 Å². The maximum Gasteiger partial charge on any atom is 0.335 e. The van der Waals surface area contributed by atoms with E-state index in [-0.39, 0.29) is 11.5 Å². The van der Waals surface area contributed by atoms with E-state index in [9.17, 15) is 9.59 Å². The van der Waals surface area contributed by atoms with Gasteiger partial charge in [-0.15, -0.1) is 0 Å². The second kappa shape index (κ2) is 8.75. The Bertz CT molecular complexity index is 951. The number of likely N-dealkylation sites (N-methyl/N-ethyl adjacent to an activating group) is 1. The van der Waals surface area contributed by atoms with E-state index in [0.29, 0.717) is 22.4 Å². The minimum absolute atomic E-state index is 0.149. The summed E-state index contributed by atoms with van der Waals surface area (Å²) >= 11 is 1.26. The summed E-state index contributed by atoms with van der Waals surface area (Å²) in [7, 11) is 1.65. The number of nitrogens with zero attached hydrogens (tertiary/aromatic N) is 2. The molecular formula is C21H20N2O4S. The SMILES string of the molecule is CCCOc1ccc(/C=C2/SC(=Nc3cccc(C(=O)O)c3)N(C)C2=O)cc1. The summed E-state index contributed by atoms with van der Waals surface area (Å²) in [6.07, 6.45) is 2.75. The van der Waals surface area contributed by atoms with Gasteiger partial charge in [0, 0.05) is 7.05 Å². The van der Waals surface area contributed by atoms with Gasteiger partial charge in [0.05, 0.1) is 22.8 Å². The van der Waals surface area contributed by atoms with E-state index in [2.05, 4.69) is 11.9 Å². The zero-order chi connectivity index (χ0) is 20.1. The minimum Gasteiger partial charge on any atom is -0.494 e. The number of hydrogen-bond acceptors (Lipinski definition) is 5. The first kappa shape index (κ1) is 19.7. The molecule has 1 heterocycles. The molecule has 3 rings (SSSR count). The Hall–Kier alpha value is -3.06. The van der Waals surface area contributed by atoms with Crippen molar-refractivity contribution in [3.63, 3.8) is 0 Å². The highest BCUT2D eigenvalue weighted by atomic mass is 32.2. The van der Waals surface area contributed by atoms with Crippen LogP contribution < -0.4 is 4.74 Å². The van der Waals surface area contributed by atoms with Crippen LogP contribution in [0.25, 0.3) is 6.08 Å². The highest BCUT2D eigenvalue weighted by molar-refractivity contribution is 8.18. The molecule has 0 bridgehead atoms. The maximum absolute atomic E-state index is 12.5. The van der Waals surface area contributed by atoms with Gasteiger partial charge < -0.3 is 9.84 Å². The summed E-state index contributed by atoms with van der Waals surface area (Å²) in [6, 6.07) is 13.9. The van der Waals surface area contributed by atoms with E-state index in [0.717, 1.165) is 17.7 Å². The number of thioether (sulfide) groups is 1. The Morgan fingerprint density at radius 3 is 2.68 bits per heavy atom. The number of carboxylic acids is 1. The number of amidine groups is 1. The van der Waals surface area contributed by atoms with Crippen molar-refractivity contribution in [2.75, 3.05) is 13.7 Å². The van der Waals surface area contributed by atoms with Crippen LogP contribution in [0.5, 0.6) is 5.75 Å². The maximum atomic E-state index is 12.5. The lowest BCUT2D eigenvalue weighted by atomic mass is 10.2. The molecule has 1 aliphatic heterocycles. The number of carbonyl (C=O) groups excluding carboxylic acids is 1. The molecule has 2 aromatic carbocycles. The second-order valence-electron chi connectivity index (χ2n) is 6.14. The van der Waals surface area contributed by atoms with Gasteiger partial charge in [0.25, 0.3) is 5.91 Å². The summed E-state index contributed by atoms with van der Waals surface area (Å²) in [5, 5.41) is 9.60. The third-order valence-electron chi connectivity index (χ3n) is 3.97. The van der Waals surface area contributed by atoms with E-state index in [1.54, 1.807) is 19.2 Å². The average Bonchev–Trinajstić information content (AvgIpc) is 2.95.